The maximum Gasteiger partial charge on any atom is 0.246 e. The molecule has 18 heavy (non-hydrogen) atoms. The predicted octanol–water partition coefficient (Wildman–Crippen LogP) is -1.09. The molecule has 0 radical (unpaired) electrons. The molecule has 7 nitrogen and oxygen atoms in total. The van der Waals surface area contributed by atoms with E-state index in [-0.39, 0.29) is 24.9 Å². The molecule has 2 N–H and O–H groups in total. The number of aromatic nitrogens is 2. The Morgan fingerprint density at radius 1 is 1.33 bits per heavy atom. The zero-order valence-electron chi connectivity index (χ0n) is 10.8. The van der Waals surface area contributed by atoms with E-state index in [1.807, 2.05) is 21.0 Å². The highest BCUT2D eigenvalue weighted by atomic mass is 16.2. The monoisotopic (exact) mass is 251 g/mol. The summed E-state index contributed by atoms with van der Waals surface area (Å²) >= 11 is 0. The molecule has 1 aromatic heterocycles. The molecule has 1 fully saturated rings. The minimum atomic E-state index is -0.277. The predicted molar refractivity (Wildman–Crippen MR) is 66.1 cm³/mol. The molecule has 0 atom stereocenters. The van der Waals surface area contributed by atoms with Gasteiger partial charge in [0, 0.05) is 19.2 Å². The van der Waals surface area contributed by atoms with Crippen LogP contribution in [0.25, 0.3) is 0 Å². The van der Waals surface area contributed by atoms with Gasteiger partial charge in [0.1, 0.15) is 5.82 Å². The fraction of sp³-hybridized carbons (Fsp3) is 0.545. The number of amides is 2. The minimum Gasteiger partial charge on any atom is -0.338 e. The zero-order chi connectivity index (χ0) is 13.3. The van der Waals surface area contributed by atoms with Crippen molar-refractivity contribution in [2.45, 2.75) is 13.5 Å². The van der Waals surface area contributed by atoms with Gasteiger partial charge in [-0.15, -0.1) is 0 Å². The van der Waals surface area contributed by atoms with Crippen molar-refractivity contribution in [3.8, 4) is 0 Å². The number of carbonyl (C=O) groups excluding carboxylic acids is 2. The molecule has 0 aliphatic carbocycles. The Morgan fingerprint density at radius 3 is 2.50 bits per heavy atom. The van der Waals surface area contributed by atoms with E-state index < -0.39 is 0 Å². The maximum absolute atomic E-state index is 11.4. The van der Waals surface area contributed by atoms with Gasteiger partial charge in [0.05, 0.1) is 18.8 Å². The zero-order valence-corrected chi connectivity index (χ0v) is 10.8. The van der Waals surface area contributed by atoms with E-state index in [2.05, 4.69) is 15.7 Å². The molecular formula is C11H17N5O2. The van der Waals surface area contributed by atoms with Crippen LogP contribution in [0.15, 0.2) is 0 Å². The SMILES string of the molecule is CNCc1c(C)nn(C)c1N1CC(=O)NC(=O)C1. The van der Waals surface area contributed by atoms with Crippen molar-refractivity contribution in [2.75, 3.05) is 25.0 Å². The third-order valence-electron chi connectivity index (χ3n) is 2.91. The Balaban J connectivity index is 2.37. The van der Waals surface area contributed by atoms with Crippen LogP contribution in [0.5, 0.6) is 0 Å². The van der Waals surface area contributed by atoms with Crippen molar-refractivity contribution in [1.82, 2.24) is 20.4 Å². The average Bonchev–Trinajstić information content (AvgIpc) is 2.53. The van der Waals surface area contributed by atoms with Crippen molar-refractivity contribution < 1.29 is 9.59 Å². The lowest BCUT2D eigenvalue weighted by Gasteiger charge is -2.28. The van der Waals surface area contributed by atoms with Gasteiger partial charge in [0.15, 0.2) is 0 Å². The molecule has 0 bridgehead atoms. The van der Waals surface area contributed by atoms with E-state index in [4.69, 9.17) is 0 Å². The number of rotatable bonds is 3. The van der Waals surface area contributed by atoms with Crippen LogP contribution >= 0.6 is 0 Å². The van der Waals surface area contributed by atoms with Gasteiger partial charge in [0.2, 0.25) is 11.8 Å². The van der Waals surface area contributed by atoms with E-state index >= 15 is 0 Å². The van der Waals surface area contributed by atoms with Crippen molar-refractivity contribution in [1.29, 1.82) is 0 Å². The van der Waals surface area contributed by atoms with Crippen LogP contribution in [0.4, 0.5) is 5.82 Å². The number of nitrogens with zero attached hydrogens (tertiary/aromatic N) is 3. The molecule has 0 aromatic carbocycles. The van der Waals surface area contributed by atoms with E-state index in [1.165, 1.54) is 0 Å². The second-order valence-electron chi connectivity index (χ2n) is 4.37. The standard InChI is InChI=1S/C11H17N5O2/c1-7-8(4-12-2)11(15(3)14-7)16-5-9(17)13-10(18)6-16/h12H,4-6H2,1-3H3,(H,13,17,18). The Bertz CT molecular complexity index is 478. The highest BCUT2D eigenvalue weighted by molar-refractivity contribution is 6.02. The molecular weight excluding hydrogens is 234 g/mol. The summed E-state index contributed by atoms with van der Waals surface area (Å²) in [7, 11) is 3.67. The molecule has 2 heterocycles. The fourth-order valence-corrected chi connectivity index (χ4v) is 2.26. The van der Waals surface area contributed by atoms with Gasteiger partial charge in [-0.3, -0.25) is 19.6 Å². The van der Waals surface area contributed by atoms with Crippen LogP contribution in [0.3, 0.4) is 0 Å². The molecule has 0 unspecified atom stereocenters. The van der Waals surface area contributed by atoms with Crippen molar-refractivity contribution in [2.24, 2.45) is 7.05 Å². The topological polar surface area (TPSA) is 79.3 Å². The Morgan fingerprint density at radius 2 is 1.94 bits per heavy atom. The summed E-state index contributed by atoms with van der Waals surface area (Å²) in [5.41, 5.74) is 1.92. The summed E-state index contributed by atoms with van der Waals surface area (Å²) in [5.74, 6) is 0.270. The van der Waals surface area contributed by atoms with Gasteiger partial charge < -0.3 is 10.2 Å². The third-order valence-corrected chi connectivity index (χ3v) is 2.91. The molecule has 7 heteroatoms. The summed E-state index contributed by atoms with van der Waals surface area (Å²) in [6.07, 6.45) is 0. The van der Waals surface area contributed by atoms with E-state index in [1.54, 1.807) is 9.58 Å². The number of hydrogen-bond acceptors (Lipinski definition) is 5. The molecule has 1 saturated heterocycles. The third kappa shape index (κ3) is 2.21. The number of aryl methyl sites for hydroxylation is 2. The molecule has 98 valence electrons. The average molecular weight is 251 g/mol. The van der Waals surface area contributed by atoms with E-state index in [0.29, 0.717) is 6.54 Å². The van der Waals surface area contributed by atoms with E-state index in [9.17, 15) is 9.59 Å². The second kappa shape index (κ2) is 4.77. The van der Waals surface area contributed by atoms with Gasteiger partial charge in [-0.1, -0.05) is 0 Å². The number of anilines is 1. The first-order valence-electron chi connectivity index (χ1n) is 5.77. The Kier molecular flexibility index (Phi) is 3.33. The van der Waals surface area contributed by atoms with Crippen LogP contribution in [-0.2, 0) is 23.2 Å². The summed E-state index contributed by atoms with van der Waals surface area (Å²) in [6, 6.07) is 0. The van der Waals surface area contributed by atoms with Crippen LogP contribution in [0.1, 0.15) is 11.3 Å². The van der Waals surface area contributed by atoms with Gasteiger partial charge in [-0.05, 0) is 14.0 Å². The first kappa shape index (κ1) is 12.6. The first-order chi connectivity index (χ1) is 8.52. The van der Waals surface area contributed by atoms with Gasteiger partial charge in [-0.25, -0.2) is 0 Å². The number of nitrogens with one attached hydrogen (secondary N) is 2. The quantitative estimate of drug-likeness (QED) is 0.667. The molecule has 1 aliphatic heterocycles. The van der Waals surface area contributed by atoms with Crippen LogP contribution < -0.4 is 15.5 Å². The largest absolute Gasteiger partial charge is 0.338 e. The Labute approximate surface area is 105 Å². The Hall–Kier alpha value is -1.89. The number of piperazine rings is 1. The smallest absolute Gasteiger partial charge is 0.246 e. The minimum absolute atomic E-state index is 0.182. The molecule has 2 rings (SSSR count). The molecule has 0 spiro atoms. The lowest BCUT2D eigenvalue weighted by atomic mass is 10.2. The highest BCUT2D eigenvalue weighted by Crippen LogP contribution is 2.23. The molecule has 1 aliphatic rings. The fourth-order valence-electron chi connectivity index (χ4n) is 2.26. The summed E-state index contributed by atoms with van der Waals surface area (Å²) in [6.45, 7) is 2.94. The first-order valence-corrected chi connectivity index (χ1v) is 5.77. The van der Waals surface area contributed by atoms with E-state index in [0.717, 1.165) is 17.1 Å². The number of imide groups is 1. The van der Waals surface area contributed by atoms with Gasteiger partial charge in [0.25, 0.3) is 0 Å². The summed E-state index contributed by atoms with van der Waals surface area (Å²) in [4.78, 5) is 24.6. The maximum atomic E-state index is 11.4. The lowest BCUT2D eigenvalue weighted by molar-refractivity contribution is -0.130. The van der Waals surface area contributed by atoms with Gasteiger partial charge in [-0.2, -0.15) is 5.10 Å². The normalized spacial score (nSPS) is 16.1. The second-order valence-corrected chi connectivity index (χ2v) is 4.37. The number of carbonyl (C=O) groups is 2. The number of hydrogen-bond donors (Lipinski definition) is 2. The van der Waals surface area contributed by atoms with Crippen molar-refractivity contribution in [3.05, 3.63) is 11.3 Å². The van der Waals surface area contributed by atoms with Crippen LogP contribution in [-0.4, -0.2) is 41.7 Å². The van der Waals surface area contributed by atoms with Crippen molar-refractivity contribution in [3.63, 3.8) is 0 Å². The summed E-state index contributed by atoms with van der Waals surface area (Å²) < 4.78 is 1.72. The molecule has 1 aromatic rings. The van der Waals surface area contributed by atoms with Crippen LogP contribution in [0, 0.1) is 6.92 Å². The van der Waals surface area contributed by atoms with Crippen LogP contribution in [0.2, 0.25) is 0 Å². The highest BCUT2D eigenvalue weighted by Gasteiger charge is 2.27. The molecule has 2 amide bonds. The van der Waals surface area contributed by atoms with Crippen molar-refractivity contribution >= 4 is 17.6 Å². The summed E-state index contributed by atoms with van der Waals surface area (Å²) in [5, 5.41) is 9.71. The lowest BCUT2D eigenvalue weighted by Crippen LogP contribution is -2.52. The van der Waals surface area contributed by atoms with Gasteiger partial charge >= 0.3 is 0 Å². The molecule has 0 saturated carbocycles.